The number of hydrogen-bond donors (Lipinski definition) is 0. The molecule has 0 saturated carbocycles. The van der Waals surface area contributed by atoms with E-state index in [-0.39, 0.29) is 42.9 Å². The Morgan fingerprint density at radius 2 is 1.21 bits per heavy atom. The van der Waals surface area contributed by atoms with Crippen LogP contribution in [0.3, 0.4) is 0 Å². The maximum Gasteiger partial charge on any atom is 0.403 e. The summed E-state index contributed by atoms with van der Waals surface area (Å²) in [4.78, 5) is 28.8. The van der Waals surface area contributed by atoms with Crippen LogP contribution < -0.4 is 29.0 Å². The van der Waals surface area contributed by atoms with Crippen LogP contribution in [-0.4, -0.2) is 11.9 Å². The van der Waals surface area contributed by atoms with Crippen molar-refractivity contribution >= 4 is 34.5 Å². The van der Waals surface area contributed by atoms with Gasteiger partial charge in [-0.1, -0.05) is 72.8 Å². The molecule has 3 aromatic carbocycles. The van der Waals surface area contributed by atoms with Gasteiger partial charge in [0, 0.05) is 9.64 Å². The van der Waals surface area contributed by atoms with Crippen LogP contribution in [0, 0.1) is 3.57 Å². The lowest BCUT2D eigenvalue weighted by atomic mass is 10.0. The minimum Gasteiger partial charge on any atom is -1.00 e. The first-order valence-corrected chi connectivity index (χ1v) is 11.4. The van der Waals surface area contributed by atoms with E-state index in [9.17, 15) is 9.59 Å². The minimum absolute atomic E-state index is 0. The molecule has 4 rings (SSSR count). The fourth-order valence-electron chi connectivity index (χ4n) is 3.26. The third kappa shape index (κ3) is 6.63. The number of aromatic nitrogens is 1. The molecule has 172 valence electrons. The smallest absolute Gasteiger partial charge is 0.403 e. The fraction of sp³-hybridized carbons (Fsp3) is 0.0741. The van der Waals surface area contributed by atoms with Crippen LogP contribution in [0.1, 0.15) is 32.0 Å². The molecule has 1 aromatic heterocycles. The van der Waals surface area contributed by atoms with Gasteiger partial charge >= 0.3 is 11.9 Å². The molecule has 0 aliphatic heterocycles. The molecule has 34 heavy (non-hydrogen) atoms. The van der Waals surface area contributed by atoms with Crippen molar-refractivity contribution in [2.45, 2.75) is 13.2 Å². The third-order valence-electron chi connectivity index (χ3n) is 4.95. The van der Waals surface area contributed by atoms with Crippen molar-refractivity contribution in [1.82, 2.24) is 0 Å². The maximum absolute atomic E-state index is 13.0. The number of ether oxygens (including phenoxy) is 2. The van der Waals surface area contributed by atoms with E-state index in [0.717, 1.165) is 20.3 Å². The highest BCUT2D eigenvalue weighted by Crippen LogP contribution is 2.26. The largest absolute Gasteiger partial charge is 1.00 e. The summed E-state index contributed by atoms with van der Waals surface area (Å²) >= 11 is 2.20. The van der Waals surface area contributed by atoms with Crippen molar-refractivity contribution in [3.63, 3.8) is 0 Å². The van der Waals surface area contributed by atoms with Gasteiger partial charge in [0.25, 0.3) is 5.69 Å². The Kier molecular flexibility index (Phi) is 9.58. The number of benzene rings is 3. The van der Waals surface area contributed by atoms with Crippen LogP contribution in [0.25, 0.3) is 11.3 Å². The van der Waals surface area contributed by atoms with Crippen molar-refractivity contribution in [2.75, 3.05) is 0 Å². The number of esters is 2. The quantitative estimate of drug-likeness (QED) is 0.223. The van der Waals surface area contributed by atoms with Gasteiger partial charge in [-0.05, 0) is 51.9 Å². The summed E-state index contributed by atoms with van der Waals surface area (Å²) in [5.74, 6) is -0.982. The lowest BCUT2D eigenvalue weighted by Gasteiger charge is -2.09. The van der Waals surface area contributed by atoms with Crippen molar-refractivity contribution < 1.29 is 48.0 Å². The zero-order chi connectivity index (χ0) is 23.0. The summed E-state index contributed by atoms with van der Waals surface area (Å²) < 4.78 is 11.9. The lowest BCUT2D eigenvalue weighted by molar-refractivity contribution is -0.371. The highest BCUT2D eigenvalue weighted by Gasteiger charge is 2.26. The second-order valence-electron chi connectivity index (χ2n) is 7.26. The molecule has 0 spiro atoms. The predicted molar refractivity (Wildman–Crippen MR) is 132 cm³/mol. The van der Waals surface area contributed by atoms with Crippen LogP contribution in [-0.2, 0) is 22.7 Å². The first kappa shape index (κ1) is 25.8. The van der Waals surface area contributed by atoms with Gasteiger partial charge in [0.05, 0.1) is 5.56 Å². The zero-order valence-electron chi connectivity index (χ0n) is 18.0. The van der Waals surface area contributed by atoms with Gasteiger partial charge < -0.3 is 33.5 Å². The van der Waals surface area contributed by atoms with E-state index in [2.05, 4.69) is 27.6 Å². The average Bonchev–Trinajstić information content (AvgIpc) is 2.87. The lowest BCUT2D eigenvalue weighted by Crippen LogP contribution is -3.00. The first-order valence-electron chi connectivity index (χ1n) is 10.3. The summed E-state index contributed by atoms with van der Waals surface area (Å²) in [5.41, 5.74) is 3.68. The van der Waals surface area contributed by atoms with Crippen LogP contribution in [0.2, 0.25) is 0 Å². The Bertz CT molecular complexity index is 1260. The molecule has 0 bridgehead atoms. The number of carbonyl (C=O) groups is 2. The van der Waals surface area contributed by atoms with Crippen molar-refractivity contribution in [3.8, 4) is 11.3 Å². The monoisotopic (exact) mass is 677 g/mol. The summed E-state index contributed by atoms with van der Waals surface area (Å²) in [6, 6.07) is 29.7. The van der Waals surface area contributed by atoms with E-state index in [4.69, 9.17) is 9.47 Å². The number of hydrogen-bond acceptors (Lipinski definition) is 4. The summed E-state index contributed by atoms with van der Waals surface area (Å²) in [7, 11) is 0. The highest BCUT2D eigenvalue weighted by molar-refractivity contribution is 14.1. The van der Waals surface area contributed by atoms with E-state index in [0.29, 0.717) is 11.3 Å². The predicted octanol–water partition coefficient (Wildman–Crippen LogP) is 2.49. The highest BCUT2D eigenvalue weighted by atomic mass is 127. The molecule has 0 radical (unpaired) electrons. The zero-order valence-corrected chi connectivity index (χ0v) is 22.4. The molecule has 5 nitrogen and oxygen atoms in total. The number of nitrogens with one attached hydrogen (secondary N) is 1. The molecular formula is C27H21I2NO4. The van der Waals surface area contributed by atoms with Crippen molar-refractivity contribution in [1.29, 1.82) is 0 Å². The van der Waals surface area contributed by atoms with Gasteiger partial charge in [-0.2, -0.15) is 4.98 Å². The van der Waals surface area contributed by atoms with E-state index >= 15 is 0 Å². The molecule has 0 unspecified atom stereocenters. The number of carbonyl (C=O) groups excluding carboxylic acids is 2. The standard InChI is InChI=1S/C27H20INO4.HI/c28-23-14-8-7-13-21(23)25-22(26(30)32-17-19-9-3-1-4-10-19)15-16-24(29-25)27(31)33-18-20-11-5-2-6-12-20;/h1-16H,17-18H2;1H. The number of rotatable bonds is 7. The Morgan fingerprint density at radius 3 is 1.79 bits per heavy atom. The van der Waals surface area contributed by atoms with Crippen LogP contribution in [0.5, 0.6) is 0 Å². The van der Waals surface area contributed by atoms with Crippen molar-refractivity contribution in [3.05, 3.63) is 123 Å². The van der Waals surface area contributed by atoms with E-state index in [1.54, 1.807) is 12.1 Å². The molecule has 0 amide bonds. The SMILES string of the molecule is O=C(OCc1ccccc1)c1ccc(C(=O)OCc2ccccc2)c(-c2ccccc2I)[nH+]1.[I-]. The summed E-state index contributed by atoms with van der Waals surface area (Å²) in [6.07, 6.45) is 0. The summed E-state index contributed by atoms with van der Waals surface area (Å²) in [6.45, 7) is 0.318. The molecule has 1 heterocycles. The molecule has 1 N–H and O–H groups in total. The molecule has 0 fully saturated rings. The second-order valence-corrected chi connectivity index (χ2v) is 8.43. The Balaban J connectivity index is 0.00000324. The molecular weight excluding hydrogens is 656 g/mol. The molecule has 0 atom stereocenters. The van der Waals surface area contributed by atoms with E-state index in [1.165, 1.54) is 0 Å². The number of pyridine rings is 1. The molecule has 0 aliphatic carbocycles. The maximum atomic E-state index is 13.0. The molecule has 4 aromatic rings. The number of aromatic amines is 1. The van der Waals surface area contributed by atoms with Crippen LogP contribution in [0.15, 0.2) is 97.1 Å². The van der Waals surface area contributed by atoms with E-state index < -0.39 is 11.9 Å². The molecule has 0 saturated heterocycles. The van der Waals surface area contributed by atoms with Gasteiger partial charge in [0.15, 0.2) is 0 Å². The van der Waals surface area contributed by atoms with Gasteiger partial charge in [-0.25, -0.2) is 9.59 Å². The number of H-pyrrole nitrogens is 1. The molecule has 7 heteroatoms. The second kappa shape index (κ2) is 12.6. The molecule has 0 aliphatic rings. The van der Waals surface area contributed by atoms with Gasteiger partial charge in [0.1, 0.15) is 18.8 Å². The average molecular weight is 677 g/mol. The van der Waals surface area contributed by atoms with Crippen LogP contribution >= 0.6 is 22.6 Å². The topological polar surface area (TPSA) is 66.7 Å². The Morgan fingerprint density at radius 1 is 0.676 bits per heavy atom. The van der Waals surface area contributed by atoms with E-state index in [1.807, 2.05) is 84.9 Å². The van der Waals surface area contributed by atoms with Crippen LogP contribution in [0.4, 0.5) is 0 Å². The third-order valence-corrected chi connectivity index (χ3v) is 5.89. The Hall–Kier alpha value is -2.79. The van der Waals surface area contributed by atoms with Gasteiger partial charge in [-0.3, -0.25) is 0 Å². The summed E-state index contributed by atoms with van der Waals surface area (Å²) in [5, 5.41) is 0. The van der Waals surface area contributed by atoms with Crippen molar-refractivity contribution in [2.24, 2.45) is 0 Å². The fourth-order valence-corrected chi connectivity index (χ4v) is 3.92. The van der Waals surface area contributed by atoms with Gasteiger partial charge in [0.2, 0.25) is 5.69 Å². The van der Waals surface area contributed by atoms with Gasteiger partial charge in [-0.15, -0.1) is 0 Å². The minimum atomic E-state index is -0.504. The number of halogens is 2. The Labute approximate surface area is 228 Å². The first-order chi connectivity index (χ1) is 16.1. The normalized spacial score (nSPS) is 10.1.